The number of fused-ring (bicyclic) bond motifs is 1. The van der Waals surface area contributed by atoms with Gasteiger partial charge in [0.05, 0.1) is 25.9 Å². The van der Waals surface area contributed by atoms with Crippen molar-refractivity contribution in [3.8, 4) is 5.75 Å². The smallest absolute Gasteiger partial charge is 0.169 e. The van der Waals surface area contributed by atoms with Gasteiger partial charge in [-0.15, -0.1) is 0 Å². The van der Waals surface area contributed by atoms with Gasteiger partial charge in [0.2, 0.25) is 0 Å². The summed E-state index contributed by atoms with van der Waals surface area (Å²) in [5.74, 6) is -0.0193. The molecule has 1 aromatic carbocycles. The first-order valence-corrected chi connectivity index (χ1v) is 7.60. The number of likely N-dealkylation sites (N-methyl/N-ethyl adjacent to an activating group) is 1. The van der Waals surface area contributed by atoms with Crippen LogP contribution in [0.25, 0.3) is 0 Å². The number of nitrogens with zero attached hydrogens (tertiary/aromatic N) is 1. The van der Waals surface area contributed by atoms with Crippen molar-refractivity contribution in [2.75, 3.05) is 33.9 Å². The van der Waals surface area contributed by atoms with Crippen LogP contribution in [0.15, 0.2) is 18.2 Å². The largest absolute Gasteiger partial charge is 0.494 e. The molecule has 3 atom stereocenters. The first kappa shape index (κ1) is 14.8. The van der Waals surface area contributed by atoms with E-state index >= 15 is 0 Å². The zero-order valence-corrected chi connectivity index (χ0v) is 12.6. The maximum Gasteiger partial charge on any atom is 0.169 e. The van der Waals surface area contributed by atoms with Crippen molar-refractivity contribution >= 4 is 0 Å². The Hall–Kier alpha value is -1.17. The van der Waals surface area contributed by atoms with Crippen LogP contribution in [-0.4, -0.2) is 50.9 Å². The Kier molecular flexibility index (Phi) is 4.42. The maximum atomic E-state index is 14.5. The fourth-order valence-electron chi connectivity index (χ4n) is 3.51. The zero-order valence-electron chi connectivity index (χ0n) is 12.6. The van der Waals surface area contributed by atoms with Crippen molar-refractivity contribution in [2.24, 2.45) is 0 Å². The maximum absolute atomic E-state index is 14.5. The van der Waals surface area contributed by atoms with Crippen molar-refractivity contribution in [1.82, 2.24) is 10.2 Å². The predicted molar refractivity (Wildman–Crippen MR) is 79.1 cm³/mol. The van der Waals surface area contributed by atoms with Crippen LogP contribution in [0.5, 0.6) is 5.75 Å². The standard InChI is InChI=1S/C16H23FN2O2/c1-18-16(12-6-3-7-13(20-2)15(12)17)14-9-19-8-4-5-11(19)10-21-14/h3,6-7,11,14,16,18H,4-5,8-10H2,1-2H3. The molecule has 0 aliphatic carbocycles. The molecule has 3 unspecified atom stereocenters. The molecule has 5 heteroatoms. The van der Waals surface area contributed by atoms with Crippen molar-refractivity contribution in [2.45, 2.75) is 31.0 Å². The van der Waals surface area contributed by atoms with Crippen LogP contribution >= 0.6 is 0 Å². The summed E-state index contributed by atoms with van der Waals surface area (Å²) in [7, 11) is 3.34. The number of halogens is 1. The fraction of sp³-hybridized carbons (Fsp3) is 0.625. The molecule has 2 fully saturated rings. The molecule has 21 heavy (non-hydrogen) atoms. The van der Waals surface area contributed by atoms with E-state index in [9.17, 15) is 4.39 Å². The third-order valence-corrected chi connectivity index (χ3v) is 4.65. The average molecular weight is 294 g/mol. The van der Waals surface area contributed by atoms with Crippen LogP contribution in [0.1, 0.15) is 24.4 Å². The zero-order chi connectivity index (χ0) is 14.8. The van der Waals surface area contributed by atoms with E-state index < -0.39 is 0 Å². The molecule has 0 spiro atoms. The molecule has 1 N–H and O–H groups in total. The summed E-state index contributed by atoms with van der Waals surface area (Å²) in [5, 5.41) is 3.21. The van der Waals surface area contributed by atoms with E-state index in [2.05, 4.69) is 10.2 Å². The number of ether oxygens (including phenoxy) is 2. The molecule has 2 aliphatic heterocycles. The summed E-state index contributed by atoms with van der Waals surface area (Å²) in [6, 6.07) is 5.65. The highest BCUT2D eigenvalue weighted by atomic mass is 19.1. The summed E-state index contributed by atoms with van der Waals surface area (Å²) in [4.78, 5) is 2.47. The van der Waals surface area contributed by atoms with Crippen LogP contribution in [0, 0.1) is 5.82 Å². The molecule has 0 radical (unpaired) electrons. The van der Waals surface area contributed by atoms with E-state index in [4.69, 9.17) is 9.47 Å². The van der Waals surface area contributed by atoms with Crippen LogP contribution in [-0.2, 0) is 4.74 Å². The molecule has 2 aliphatic rings. The van der Waals surface area contributed by atoms with Gasteiger partial charge >= 0.3 is 0 Å². The van der Waals surface area contributed by atoms with E-state index in [1.54, 1.807) is 12.1 Å². The third kappa shape index (κ3) is 2.78. The number of nitrogens with one attached hydrogen (secondary N) is 1. The summed E-state index contributed by atoms with van der Waals surface area (Å²) in [6.07, 6.45) is 2.41. The summed E-state index contributed by atoms with van der Waals surface area (Å²) in [5.41, 5.74) is 0.611. The lowest BCUT2D eigenvalue weighted by Gasteiger charge is -2.39. The predicted octanol–water partition coefficient (Wildman–Crippen LogP) is 1.96. The van der Waals surface area contributed by atoms with Crippen molar-refractivity contribution in [3.05, 3.63) is 29.6 Å². The second kappa shape index (κ2) is 6.30. The Labute approximate surface area is 125 Å². The third-order valence-electron chi connectivity index (χ3n) is 4.65. The highest BCUT2D eigenvalue weighted by molar-refractivity contribution is 5.33. The number of hydrogen-bond donors (Lipinski definition) is 1. The SMILES string of the molecule is CNC(c1cccc(OC)c1F)C1CN2CCCC2CO1. The van der Waals surface area contributed by atoms with Crippen molar-refractivity contribution in [3.63, 3.8) is 0 Å². The molecule has 3 rings (SSSR count). The highest BCUT2D eigenvalue weighted by Crippen LogP contribution is 2.32. The van der Waals surface area contributed by atoms with E-state index in [-0.39, 0.29) is 23.7 Å². The average Bonchev–Trinajstić information content (AvgIpc) is 2.97. The molecule has 0 bridgehead atoms. The minimum atomic E-state index is -0.300. The second-order valence-electron chi connectivity index (χ2n) is 5.79. The second-order valence-corrected chi connectivity index (χ2v) is 5.79. The molecule has 1 aromatic rings. The summed E-state index contributed by atoms with van der Waals surface area (Å²) >= 11 is 0. The van der Waals surface area contributed by atoms with Crippen molar-refractivity contribution in [1.29, 1.82) is 0 Å². The molecular weight excluding hydrogens is 271 g/mol. The lowest BCUT2D eigenvalue weighted by atomic mass is 9.98. The summed E-state index contributed by atoms with van der Waals surface area (Å²) < 4.78 is 25.6. The lowest BCUT2D eigenvalue weighted by Crippen LogP contribution is -2.50. The van der Waals surface area contributed by atoms with E-state index in [1.807, 2.05) is 13.1 Å². The number of hydrogen-bond acceptors (Lipinski definition) is 4. The van der Waals surface area contributed by atoms with Crippen LogP contribution in [0.2, 0.25) is 0 Å². The monoisotopic (exact) mass is 294 g/mol. The fourth-order valence-corrected chi connectivity index (χ4v) is 3.51. The number of methoxy groups -OCH3 is 1. The van der Waals surface area contributed by atoms with Gasteiger partial charge in [-0.05, 0) is 32.5 Å². The lowest BCUT2D eigenvalue weighted by molar-refractivity contribution is -0.0647. The first-order chi connectivity index (χ1) is 10.2. The van der Waals surface area contributed by atoms with Crippen LogP contribution in [0.4, 0.5) is 4.39 Å². The van der Waals surface area contributed by atoms with Crippen LogP contribution < -0.4 is 10.1 Å². The van der Waals surface area contributed by atoms with Gasteiger partial charge in [0.15, 0.2) is 11.6 Å². The van der Waals surface area contributed by atoms with Gasteiger partial charge in [-0.3, -0.25) is 4.90 Å². The molecular formula is C16H23FN2O2. The Bertz CT molecular complexity index is 497. The Balaban J connectivity index is 1.82. The highest BCUT2D eigenvalue weighted by Gasteiger charge is 2.36. The van der Waals surface area contributed by atoms with E-state index in [0.717, 1.165) is 19.7 Å². The quantitative estimate of drug-likeness (QED) is 0.920. The van der Waals surface area contributed by atoms with Gasteiger partial charge in [0, 0.05) is 18.2 Å². The molecule has 0 amide bonds. The molecule has 116 valence electrons. The Morgan fingerprint density at radius 3 is 3.10 bits per heavy atom. The summed E-state index contributed by atoms with van der Waals surface area (Å²) in [6.45, 7) is 2.73. The Morgan fingerprint density at radius 2 is 2.33 bits per heavy atom. The molecule has 4 nitrogen and oxygen atoms in total. The minimum absolute atomic E-state index is 0.0362. The normalized spacial score (nSPS) is 27.4. The number of rotatable bonds is 4. The number of benzene rings is 1. The first-order valence-electron chi connectivity index (χ1n) is 7.60. The molecule has 0 saturated carbocycles. The van der Waals surface area contributed by atoms with E-state index in [0.29, 0.717) is 11.6 Å². The Morgan fingerprint density at radius 1 is 1.48 bits per heavy atom. The number of morpholine rings is 1. The molecule has 0 aromatic heterocycles. The molecule has 2 heterocycles. The molecule has 2 saturated heterocycles. The van der Waals surface area contributed by atoms with Gasteiger partial charge in [-0.1, -0.05) is 12.1 Å². The van der Waals surface area contributed by atoms with Gasteiger partial charge in [0.1, 0.15) is 0 Å². The topological polar surface area (TPSA) is 33.7 Å². The van der Waals surface area contributed by atoms with Gasteiger partial charge in [-0.2, -0.15) is 0 Å². The van der Waals surface area contributed by atoms with E-state index in [1.165, 1.54) is 20.0 Å². The van der Waals surface area contributed by atoms with Gasteiger partial charge < -0.3 is 14.8 Å². The van der Waals surface area contributed by atoms with Crippen LogP contribution in [0.3, 0.4) is 0 Å². The van der Waals surface area contributed by atoms with Gasteiger partial charge in [-0.25, -0.2) is 4.39 Å². The van der Waals surface area contributed by atoms with Crippen molar-refractivity contribution < 1.29 is 13.9 Å². The van der Waals surface area contributed by atoms with Gasteiger partial charge in [0.25, 0.3) is 0 Å². The minimum Gasteiger partial charge on any atom is -0.494 e.